The highest BCUT2D eigenvalue weighted by atomic mass is 32.2. The van der Waals surface area contributed by atoms with Crippen LogP contribution in [0.2, 0.25) is 0 Å². The Bertz CT molecular complexity index is 1440. The van der Waals surface area contributed by atoms with Gasteiger partial charge in [0.05, 0.1) is 28.3 Å². The molecule has 212 valence electrons. The Kier molecular flexibility index (Phi) is 8.79. The van der Waals surface area contributed by atoms with Crippen LogP contribution in [0.15, 0.2) is 77.7 Å². The number of carboxylic acid groups (broad SMARTS) is 1. The van der Waals surface area contributed by atoms with Gasteiger partial charge in [0.25, 0.3) is 0 Å². The summed E-state index contributed by atoms with van der Waals surface area (Å²) in [6.07, 6.45) is -2.96. The molecule has 1 saturated carbocycles. The molecule has 0 radical (unpaired) electrons. The van der Waals surface area contributed by atoms with Crippen LogP contribution in [0.3, 0.4) is 0 Å². The second-order valence-corrected chi connectivity index (χ2v) is 11.5. The zero-order chi connectivity index (χ0) is 28.9. The molecule has 1 aliphatic rings. The van der Waals surface area contributed by atoms with Crippen molar-refractivity contribution in [2.75, 3.05) is 10.8 Å². The molecule has 12 heteroatoms. The van der Waals surface area contributed by atoms with Crippen molar-refractivity contribution in [1.29, 1.82) is 0 Å². The molecule has 3 aromatic carbocycles. The largest absolute Gasteiger partial charge is 0.489 e. The van der Waals surface area contributed by atoms with Crippen molar-refractivity contribution in [3.63, 3.8) is 0 Å². The van der Waals surface area contributed by atoms with Gasteiger partial charge < -0.3 is 9.84 Å². The van der Waals surface area contributed by atoms with E-state index in [0.29, 0.717) is 12.0 Å². The maximum Gasteiger partial charge on any atom is 0.416 e. The number of hydrogen-bond donors (Lipinski definition) is 2. The van der Waals surface area contributed by atoms with Gasteiger partial charge in [-0.2, -0.15) is 13.2 Å². The van der Waals surface area contributed by atoms with Gasteiger partial charge in [0.15, 0.2) is 9.84 Å². The molecule has 2 N–H and O–H groups in total. The summed E-state index contributed by atoms with van der Waals surface area (Å²) in [7, 11) is -3.87. The number of carbonyl (C=O) groups is 2. The van der Waals surface area contributed by atoms with Gasteiger partial charge in [-0.3, -0.25) is 9.59 Å². The molecule has 0 aliphatic heterocycles. The molecule has 0 heterocycles. The number of nitrogens with one attached hydrogen (secondary N) is 1. The van der Waals surface area contributed by atoms with Gasteiger partial charge in [-0.15, -0.1) is 0 Å². The number of nitrogens with zero attached hydrogens (tertiary/aromatic N) is 1. The predicted molar refractivity (Wildman–Crippen MR) is 140 cm³/mol. The average molecular weight is 577 g/mol. The van der Waals surface area contributed by atoms with E-state index in [4.69, 9.17) is 4.74 Å². The maximum atomic E-state index is 13.5. The lowest BCUT2D eigenvalue weighted by atomic mass is 9.98. The van der Waals surface area contributed by atoms with Crippen molar-refractivity contribution in [2.45, 2.75) is 48.9 Å². The Balaban J connectivity index is 1.48. The highest BCUT2D eigenvalue weighted by Crippen LogP contribution is 2.34. The number of rotatable bonds is 13. The molecule has 1 fully saturated rings. The highest BCUT2D eigenvalue weighted by molar-refractivity contribution is 7.91. The average Bonchev–Trinajstić information content (AvgIpc) is 3.74. The molecule has 0 saturated heterocycles. The number of hydrazine groups is 1. The molecule has 1 amide bonds. The van der Waals surface area contributed by atoms with Crippen LogP contribution in [0.5, 0.6) is 5.75 Å². The number of halogens is 3. The van der Waals surface area contributed by atoms with Crippen molar-refractivity contribution < 1.29 is 41.0 Å². The number of benzene rings is 3. The smallest absolute Gasteiger partial charge is 0.416 e. The summed E-state index contributed by atoms with van der Waals surface area (Å²) in [5.74, 6) is -2.08. The first-order chi connectivity index (χ1) is 18.9. The van der Waals surface area contributed by atoms with Crippen LogP contribution in [0.25, 0.3) is 0 Å². The fourth-order valence-corrected chi connectivity index (χ4v) is 5.70. The summed E-state index contributed by atoms with van der Waals surface area (Å²) >= 11 is 0. The number of alkyl halides is 3. The Morgan fingerprint density at radius 2 is 1.75 bits per heavy atom. The first kappa shape index (κ1) is 29.1. The van der Waals surface area contributed by atoms with E-state index in [9.17, 15) is 36.3 Å². The van der Waals surface area contributed by atoms with Crippen molar-refractivity contribution >= 4 is 27.9 Å². The summed E-state index contributed by atoms with van der Waals surface area (Å²) in [5, 5.41) is 10.3. The number of ether oxygens (including phenoxy) is 1. The fourth-order valence-electron chi connectivity index (χ4n) is 4.11. The van der Waals surface area contributed by atoms with Crippen LogP contribution < -0.4 is 15.2 Å². The summed E-state index contributed by atoms with van der Waals surface area (Å²) in [6.45, 7) is -0.270. The van der Waals surface area contributed by atoms with Crippen LogP contribution in [0.4, 0.5) is 18.9 Å². The second kappa shape index (κ2) is 12.1. The van der Waals surface area contributed by atoms with Crippen molar-refractivity contribution in [1.82, 2.24) is 5.43 Å². The third-order valence-corrected chi connectivity index (χ3v) is 8.12. The third kappa shape index (κ3) is 7.82. The van der Waals surface area contributed by atoms with Gasteiger partial charge in [0.2, 0.25) is 6.41 Å². The Morgan fingerprint density at radius 1 is 1.07 bits per heavy atom. The molecule has 1 atom stereocenters. The number of carbonyl (C=O) groups excluding carboxylic acids is 1. The van der Waals surface area contributed by atoms with E-state index in [1.54, 1.807) is 30.3 Å². The normalized spacial score (nSPS) is 14.4. The van der Waals surface area contributed by atoms with Gasteiger partial charge in [0, 0.05) is 12.0 Å². The maximum absolute atomic E-state index is 13.5. The zero-order valence-corrected chi connectivity index (χ0v) is 22.0. The lowest BCUT2D eigenvalue weighted by Crippen LogP contribution is -2.38. The van der Waals surface area contributed by atoms with E-state index in [1.165, 1.54) is 30.3 Å². The second-order valence-electron chi connectivity index (χ2n) is 9.51. The summed E-state index contributed by atoms with van der Waals surface area (Å²) in [4.78, 5) is 22.8. The monoisotopic (exact) mass is 576 g/mol. The standard InChI is InChI=1S/C28H27F3N2O6S/c29-28(30,31)22-12-19(13-24(15-22)33(18-34)32-23-6-7-23)16-39-25-8-10-26(11-9-25)40(37,38)17-21(14-27(35)36)20-4-2-1-3-5-20/h1-5,8-13,15,18,21,23,32H,6-7,14,16-17H2,(H,35,36). The lowest BCUT2D eigenvalue weighted by molar-refractivity contribution is -0.138. The number of sulfone groups is 1. The van der Waals surface area contributed by atoms with Gasteiger partial charge in [0.1, 0.15) is 12.4 Å². The van der Waals surface area contributed by atoms with Gasteiger partial charge >= 0.3 is 12.1 Å². The van der Waals surface area contributed by atoms with E-state index < -0.39 is 39.2 Å². The molecular weight excluding hydrogens is 549 g/mol. The third-order valence-electron chi connectivity index (χ3n) is 6.29. The van der Waals surface area contributed by atoms with Crippen molar-refractivity contribution in [3.05, 3.63) is 89.5 Å². The Hall–Kier alpha value is -3.90. The van der Waals surface area contributed by atoms with Gasteiger partial charge in [-0.1, -0.05) is 30.3 Å². The molecule has 8 nitrogen and oxygen atoms in total. The number of amides is 1. The van der Waals surface area contributed by atoms with Crippen LogP contribution >= 0.6 is 0 Å². The molecule has 4 rings (SSSR count). The fraction of sp³-hybridized carbons (Fsp3) is 0.286. The molecule has 0 aromatic heterocycles. The molecule has 3 aromatic rings. The number of carboxylic acids is 1. The number of aliphatic carboxylic acids is 1. The van der Waals surface area contributed by atoms with Crippen LogP contribution in [-0.2, 0) is 32.2 Å². The molecular formula is C28H27F3N2O6S. The summed E-state index contributed by atoms with van der Waals surface area (Å²) in [6, 6.07) is 17.1. The van der Waals surface area contributed by atoms with E-state index in [0.717, 1.165) is 30.0 Å². The molecule has 40 heavy (non-hydrogen) atoms. The molecule has 1 unspecified atom stereocenters. The van der Waals surface area contributed by atoms with Crippen LogP contribution in [-0.4, -0.2) is 37.7 Å². The van der Waals surface area contributed by atoms with E-state index in [-0.39, 0.29) is 41.0 Å². The summed E-state index contributed by atoms with van der Waals surface area (Å²) < 4.78 is 72.3. The zero-order valence-electron chi connectivity index (χ0n) is 21.2. The minimum absolute atomic E-state index is 0.0195. The van der Waals surface area contributed by atoms with E-state index in [1.807, 2.05) is 0 Å². The van der Waals surface area contributed by atoms with Gasteiger partial charge in [-0.05, 0) is 66.4 Å². The molecule has 1 aliphatic carbocycles. The SMILES string of the molecule is O=CN(NC1CC1)c1cc(COc2ccc(S(=O)(=O)CC(CC(=O)O)c3ccccc3)cc2)cc(C(F)(F)F)c1. The number of anilines is 1. The highest BCUT2D eigenvalue weighted by Gasteiger charge is 2.32. The molecule has 0 bridgehead atoms. The number of hydrogen-bond acceptors (Lipinski definition) is 6. The van der Waals surface area contributed by atoms with E-state index in [2.05, 4.69) is 5.43 Å². The predicted octanol–water partition coefficient (Wildman–Crippen LogP) is 4.95. The minimum atomic E-state index is -4.65. The summed E-state index contributed by atoms with van der Waals surface area (Å²) in [5.41, 5.74) is 2.69. The quantitative estimate of drug-likeness (QED) is 0.219. The van der Waals surface area contributed by atoms with E-state index >= 15 is 0 Å². The van der Waals surface area contributed by atoms with Crippen LogP contribution in [0, 0.1) is 0 Å². The first-order valence-electron chi connectivity index (χ1n) is 12.4. The topological polar surface area (TPSA) is 113 Å². The minimum Gasteiger partial charge on any atom is -0.489 e. The van der Waals surface area contributed by atoms with Crippen molar-refractivity contribution in [2.24, 2.45) is 0 Å². The van der Waals surface area contributed by atoms with Gasteiger partial charge in [-0.25, -0.2) is 18.9 Å². The Labute approximate surface area is 229 Å². The van der Waals surface area contributed by atoms with Crippen molar-refractivity contribution in [3.8, 4) is 5.75 Å². The first-order valence-corrected chi connectivity index (χ1v) is 14.0. The van der Waals surface area contributed by atoms with Crippen LogP contribution in [0.1, 0.15) is 41.9 Å². The molecule has 0 spiro atoms. The lowest BCUT2D eigenvalue weighted by Gasteiger charge is -2.21. The Morgan fingerprint density at radius 3 is 2.33 bits per heavy atom.